The van der Waals surface area contributed by atoms with Crippen molar-refractivity contribution in [2.24, 2.45) is 12.8 Å². The molecule has 0 fully saturated rings. The minimum absolute atomic E-state index is 0.500. The molecule has 5 heteroatoms. The highest BCUT2D eigenvalue weighted by molar-refractivity contribution is 6.43. The number of halogens is 2. The van der Waals surface area contributed by atoms with Crippen molar-refractivity contribution in [3.8, 4) is 11.4 Å². The van der Waals surface area contributed by atoms with Crippen LogP contribution in [0.1, 0.15) is 5.56 Å². The van der Waals surface area contributed by atoms with Gasteiger partial charge in [0.15, 0.2) is 0 Å². The van der Waals surface area contributed by atoms with Crippen LogP contribution in [0, 0.1) is 0 Å². The van der Waals surface area contributed by atoms with Gasteiger partial charge < -0.3 is 10.3 Å². The second-order valence-corrected chi connectivity index (χ2v) is 5.41. The summed E-state index contributed by atoms with van der Waals surface area (Å²) < 4.78 is 2.01. The van der Waals surface area contributed by atoms with Crippen molar-refractivity contribution in [2.75, 3.05) is 0 Å². The third-order valence-corrected chi connectivity index (χ3v) is 4.19. The molecule has 2 aromatic carbocycles. The molecule has 0 aliphatic rings. The highest BCUT2D eigenvalue weighted by Gasteiger charge is 2.14. The minimum atomic E-state index is 0.500. The summed E-state index contributed by atoms with van der Waals surface area (Å²) in [5, 5.41) is 1.05. The van der Waals surface area contributed by atoms with E-state index < -0.39 is 0 Å². The molecule has 1 aromatic heterocycles. The van der Waals surface area contributed by atoms with Gasteiger partial charge in [-0.05, 0) is 29.8 Å². The molecule has 0 aliphatic carbocycles. The van der Waals surface area contributed by atoms with Gasteiger partial charge in [0.2, 0.25) is 0 Å². The van der Waals surface area contributed by atoms with Crippen molar-refractivity contribution in [3.63, 3.8) is 0 Å². The van der Waals surface area contributed by atoms with Gasteiger partial charge in [0.05, 0.1) is 21.1 Å². The van der Waals surface area contributed by atoms with Crippen LogP contribution in [0.5, 0.6) is 0 Å². The summed E-state index contributed by atoms with van der Waals surface area (Å²) in [6.45, 7) is 0.500. The molecule has 0 unspecified atom stereocenters. The molecule has 0 amide bonds. The highest BCUT2D eigenvalue weighted by atomic mass is 35.5. The van der Waals surface area contributed by atoms with Gasteiger partial charge in [-0.15, -0.1) is 0 Å². The Hall–Kier alpha value is -1.55. The SMILES string of the molecule is Cn1c(-c2cccc(Cl)c2Cl)nc2cc(CN)ccc21. The number of rotatable bonds is 2. The van der Waals surface area contributed by atoms with Crippen molar-refractivity contribution < 1.29 is 0 Å². The van der Waals surface area contributed by atoms with E-state index in [1.54, 1.807) is 6.07 Å². The fourth-order valence-corrected chi connectivity index (χ4v) is 2.67. The van der Waals surface area contributed by atoms with Crippen molar-refractivity contribution >= 4 is 34.2 Å². The summed E-state index contributed by atoms with van der Waals surface area (Å²) in [6, 6.07) is 11.6. The van der Waals surface area contributed by atoms with Crippen LogP contribution < -0.4 is 5.73 Å². The molecule has 0 atom stereocenters. The van der Waals surface area contributed by atoms with E-state index in [1.807, 2.05) is 41.9 Å². The normalized spacial score (nSPS) is 11.2. The molecule has 3 rings (SSSR count). The first kappa shape index (κ1) is 13.4. The first-order valence-corrected chi connectivity index (χ1v) is 6.97. The summed E-state index contributed by atoms with van der Waals surface area (Å²) in [7, 11) is 1.96. The smallest absolute Gasteiger partial charge is 0.142 e. The van der Waals surface area contributed by atoms with E-state index in [4.69, 9.17) is 28.9 Å². The Balaban J connectivity index is 2.26. The zero-order valence-electron chi connectivity index (χ0n) is 10.9. The summed E-state index contributed by atoms with van der Waals surface area (Å²) in [5.41, 5.74) is 9.49. The maximum atomic E-state index is 6.28. The van der Waals surface area contributed by atoms with Gasteiger partial charge in [0.1, 0.15) is 5.82 Å². The van der Waals surface area contributed by atoms with E-state index in [-0.39, 0.29) is 0 Å². The number of nitrogens with zero attached hydrogens (tertiary/aromatic N) is 2. The number of nitrogens with two attached hydrogens (primary N) is 1. The van der Waals surface area contributed by atoms with E-state index in [9.17, 15) is 0 Å². The first-order valence-electron chi connectivity index (χ1n) is 6.21. The van der Waals surface area contributed by atoms with Crippen molar-refractivity contribution in [1.29, 1.82) is 0 Å². The number of aryl methyl sites for hydroxylation is 1. The second-order valence-electron chi connectivity index (χ2n) is 4.62. The van der Waals surface area contributed by atoms with Crippen molar-refractivity contribution in [1.82, 2.24) is 9.55 Å². The number of benzene rings is 2. The number of fused-ring (bicyclic) bond motifs is 1. The third kappa shape index (κ3) is 2.08. The molecule has 102 valence electrons. The molecule has 1 heterocycles. The lowest BCUT2D eigenvalue weighted by atomic mass is 10.2. The Kier molecular flexibility index (Phi) is 3.42. The van der Waals surface area contributed by atoms with E-state index in [2.05, 4.69) is 4.98 Å². The molecule has 0 saturated carbocycles. The lowest BCUT2D eigenvalue weighted by molar-refractivity contribution is 0.959. The molecule has 0 bridgehead atoms. The molecule has 20 heavy (non-hydrogen) atoms. The topological polar surface area (TPSA) is 43.8 Å². The standard InChI is InChI=1S/C15H13Cl2N3/c1-20-13-6-5-9(8-18)7-12(13)19-15(20)10-3-2-4-11(16)14(10)17/h2-7H,8,18H2,1H3. The number of hydrogen-bond donors (Lipinski definition) is 1. The summed E-state index contributed by atoms with van der Waals surface area (Å²) in [4.78, 5) is 4.66. The molecular weight excluding hydrogens is 293 g/mol. The average molecular weight is 306 g/mol. The maximum Gasteiger partial charge on any atom is 0.142 e. The largest absolute Gasteiger partial charge is 0.327 e. The van der Waals surface area contributed by atoms with Crippen molar-refractivity contribution in [2.45, 2.75) is 6.54 Å². The van der Waals surface area contributed by atoms with Gasteiger partial charge in [-0.3, -0.25) is 0 Å². The fraction of sp³-hybridized carbons (Fsp3) is 0.133. The third-order valence-electron chi connectivity index (χ3n) is 3.37. The highest BCUT2D eigenvalue weighted by Crippen LogP contribution is 2.34. The molecule has 0 aliphatic heterocycles. The fourth-order valence-electron chi connectivity index (χ4n) is 2.29. The summed E-state index contributed by atoms with van der Waals surface area (Å²) in [6.07, 6.45) is 0. The van der Waals surface area contributed by atoms with E-state index in [0.717, 1.165) is 28.0 Å². The van der Waals surface area contributed by atoms with Gasteiger partial charge >= 0.3 is 0 Å². The molecule has 0 saturated heterocycles. The molecule has 2 N–H and O–H groups in total. The zero-order valence-corrected chi connectivity index (χ0v) is 12.4. The van der Waals surface area contributed by atoms with Crippen LogP contribution in [0.2, 0.25) is 10.0 Å². The Morgan fingerprint density at radius 1 is 1.20 bits per heavy atom. The Labute approximate surface area is 126 Å². The van der Waals surface area contributed by atoms with Crippen LogP contribution in [0.15, 0.2) is 36.4 Å². The molecule has 3 nitrogen and oxygen atoms in total. The minimum Gasteiger partial charge on any atom is -0.327 e. The predicted molar refractivity (Wildman–Crippen MR) is 84.1 cm³/mol. The molecule has 0 spiro atoms. The Morgan fingerprint density at radius 2 is 2.00 bits per heavy atom. The quantitative estimate of drug-likeness (QED) is 0.777. The van der Waals surface area contributed by atoms with Crippen LogP contribution in [0.25, 0.3) is 22.4 Å². The van der Waals surface area contributed by atoms with Gasteiger partial charge in [-0.25, -0.2) is 4.98 Å². The van der Waals surface area contributed by atoms with Crippen LogP contribution in [-0.4, -0.2) is 9.55 Å². The molecular formula is C15H13Cl2N3. The van der Waals surface area contributed by atoms with Gasteiger partial charge in [0, 0.05) is 19.2 Å². The number of aromatic nitrogens is 2. The second kappa shape index (κ2) is 5.09. The van der Waals surface area contributed by atoms with Crippen LogP contribution >= 0.6 is 23.2 Å². The van der Waals surface area contributed by atoms with E-state index in [0.29, 0.717) is 16.6 Å². The van der Waals surface area contributed by atoms with Gasteiger partial charge in [-0.2, -0.15) is 0 Å². The summed E-state index contributed by atoms with van der Waals surface area (Å²) >= 11 is 12.4. The van der Waals surface area contributed by atoms with Gasteiger partial charge in [-0.1, -0.05) is 35.3 Å². The summed E-state index contributed by atoms with van der Waals surface area (Å²) in [5.74, 6) is 0.793. The zero-order chi connectivity index (χ0) is 14.3. The Bertz CT molecular complexity index is 793. The van der Waals surface area contributed by atoms with Crippen LogP contribution in [0.3, 0.4) is 0 Å². The van der Waals surface area contributed by atoms with Crippen LogP contribution in [0.4, 0.5) is 0 Å². The monoisotopic (exact) mass is 305 g/mol. The molecule has 0 radical (unpaired) electrons. The average Bonchev–Trinajstić information content (AvgIpc) is 2.78. The van der Waals surface area contributed by atoms with Crippen LogP contribution in [-0.2, 0) is 13.6 Å². The number of hydrogen-bond acceptors (Lipinski definition) is 2. The van der Waals surface area contributed by atoms with Crippen molar-refractivity contribution in [3.05, 3.63) is 52.0 Å². The van der Waals surface area contributed by atoms with E-state index >= 15 is 0 Å². The maximum absolute atomic E-state index is 6.28. The molecule has 3 aromatic rings. The first-order chi connectivity index (χ1) is 9.61. The Morgan fingerprint density at radius 3 is 2.75 bits per heavy atom. The predicted octanol–water partition coefficient (Wildman–Crippen LogP) is 4.01. The van der Waals surface area contributed by atoms with Gasteiger partial charge in [0.25, 0.3) is 0 Å². The lowest BCUT2D eigenvalue weighted by Gasteiger charge is -2.06. The lowest BCUT2D eigenvalue weighted by Crippen LogP contribution is -1.96. The van der Waals surface area contributed by atoms with E-state index in [1.165, 1.54) is 0 Å². The number of imidazole rings is 1.